The maximum Gasteiger partial charge on any atom is 0.319 e. The van der Waals surface area contributed by atoms with Crippen LogP contribution in [0.15, 0.2) is 24.3 Å². The molecule has 5 heteroatoms. The zero-order valence-corrected chi connectivity index (χ0v) is 11.8. The van der Waals surface area contributed by atoms with Gasteiger partial charge in [0.25, 0.3) is 0 Å². The number of carboxylic acid groups (broad SMARTS) is 1. The van der Waals surface area contributed by atoms with Gasteiger partial charge in [-0.1, -0.05) is 32.0 Å². The van der Waals surface area contributed by atoms with E-state index in [9.17, 15) is 9.59 Å². The number of hydrogen-bond donors (Lipinski definition) is 3. The van der Waals surface area contributed by atoms with Gasteiger partial charge < -0.3 is 15.7 Å². The molecule has 0 heterocycles. The molecule has 0 aromatic heterocycles. The maximum absolute atomic E-state index is 11.8. The van der Waals surface area contributed by atoms with Crippen molar-refractivity contribution < 1.29 is 14.7 Å². The molecule has 1 unspecified atom stereocenters. The molecule has 1 atom stereocenters. The number of carboxylic acids is 1. The Morgan fingerprint density at radius 1 is 1.35 bits per heavy atom. The van der Waals surface area contributed by atoms with Gasteiger partial charge in [-0.05, 0) is 29.4 Å². The van der Waals surface area contributed by atoms with Crippen LogP contribution in [0.4, 0.5) is 10.5 Å². The number of rotatable bonds is 5. The number of benzene rings is 1. The van der Waals surface area contributed by atoms with Gasteiger partial charge >= 0.3 is 12.0 Å². The monoisotopic (exact) mass is 276 g/mol. The molecule has 1 aromatic rings. The first-order valence-electron chi connectivity index (χ1n) is 6.73. The number of aliphatic carboxylic acids is 1. The fourth-order valence-electron chi connectivity index (χ4n) is 2.27. The van der Waals surface area contributed by atoms with Crippen LogP contribution in [0, 0.1) is 11.3 Å². The SMILES string of the molecule is CC1(C)CC1CNC(=O)Nc1ccccc1CC(=O)O. The molecular formula is C15H20N2O3. The molecule has 0 radical (unpaired) electrons. The molecule has 2 rings (SSSR count). The van der Waals surface area contributed by atoms with Crippen molar-refractivity contribution >= 4 is 17.7 Å². The van der Waals surface area contributed by atoms with E-state index in [-0.39, 0.29) is 12.5 Å². The lowest BCUT2D eigenvalue weighted by atomic mass is 10.1. The molecule has 1 aromatic carbocycles. The van der Waals surface area contributed by atoms with Gasteiger partial charge in [0.1, 0.15) is 0 Å². The third kappa shape index (κ3) is 3.73. The maximum atomic E-state index is 11.8. The molecule has 0 aliphatic heterocycles. The number of amides is 2. The van der Waals surface area contributed by atoms with Gasteiger partial charge in [0, 0.05) is 12.2 Å². The second kappa shape index (κ2) is 5.53. The fraction of sp³-hybridized carbons (Fsp3) is 0.467. The lowest BCUT2D eigenvalue weighted by Crippen LogP contribution is -2.31. The Labute approximate surface area is 118 Å². The molecule has 108 valence electrons. The topological polar surface area (TPSA) is 78.4 Å². The summed E-state index contributed by atoms with van der Waals surface area (Å²) in [7, 11) is 0. The van der Waals surface area contributed by atoms with Gasteiger partial charge in [-0.15, -0.1) is 0 Å². The third-order valence-corrected chi connectivity index (χ3v) is 3.83. The second-order valence-corrected chi connectivity index (χ2v) is 5.95. The average molecular weight is 276 g/mol. The van der Waals surface area contributed by atoms with Crippen LogP contribution in [0.5, 0.6) is 0 Å². The van der Waals surface area contributed by atoms with Gasteiger partial charge in [-0.2, -0.15) is 0 Å². The normalized spacial score (nSPS) is 19.2. The van der Waals surface area contributed by atoms with Gasteiger partial charge in [0.15, 0.2) is 0 Å². The van der Waals surface area contributed by atoms with E-state index in [0.29, 0.717) is 29.1 Å². The van der Waals surface area contributed by atoms with Crippen LogP contribution in [0.3, 0.4) is 0 Å². The molecule has 0 saturated heterocycles. The average Bonchev–Trinajstić information content (AvgIpc) is 2.96. The van der Waals surface area contributed by atoms with Gasteiger partial charge in [-0.3, -0.25) is 4.79 Å². The Bertz CT molecular complexity index is 526. The quantitative estimate of drug-likeness (QED) is 0.773. The van der Waals surface area contributed by atoms with Gasteiger partial charge in [0.05, 0.1) is 6.42 Å². The lowest BCUT2D eigenvalue weighted by Gasteiger charge is -2.11. The van der Waals surface area contributed by atoms with E-state index in [1.54, 1.807) is 24.3 Å². The van der Waals surface area contributed by atoms with Crippen LogP contribution in [-0.4, -0.2) is 23.7 Å². The molecule has 0 bridgehead atoms. The number of carbonyl (C=O) groups is 2. The third-order valence-electron chi connectivity index (χ3n) is 3.83. The standard InChI is InChI=1S/C15H20N2O3/c1-15(2)8-11(15)9-16-14(20)17-12-6-4-3-5-10(12)7-13(18)19/h3-6,11H,7-9H2,1-2H3,(H,18,19)(H2,16,17,20). The molecule has 0 spiro atoms. The van der Waals surface area contributed by atoms with Crippen molar-refractivity contribution in [2.45, 2.75) is 26.7 Å². The minimum absolute atomic E-state index is 0.105. The van der Waals surface area contributed by atoms with Crippen molar-refractivity contribution in [1.82, 2.24) is 5.32 Å². The summed E-state index contributed by atoms with van der Waals surface area (Å²) < 4.78 is 0. The van der Waals surface area contributed by atoms with Crippen LogP contribution >= 0.6 is 0 Å². The number of urea groups is 1. The van der Waals surface area contributed by atoms with Crippen LogP contribution < -0.4 is 10.6 Å². The number of carbonyl (C=O) groups excluding carboxylic acids is 1. The van der Waals surface area contributed by atoms with Crippen molar-refractivity contribution in [1.29, 1.82) is 0 Å². The Balaban J connectivity index is 1.89. The second-order valence-electron chi connectivity index (χ2n) is 5.95. The first-order valence-corrected chi connectivity index (χ1v) is 6.73. The predicted octanol–water partition coefficient (Wildman–Crippen LogP) is 2.48. The van der Waals surface area contributed by atoms with Crippen LogP contribution in [0.1, 0.15) is 25.8 Å². The van der Waals surface area contributed by atoms with E-state index >= 15 is 0 Å². The first-order chi connectivity index (χ1) is 9.38. The van der Waals surface area contributed by atoms with Crippen molar-refractivity contribution in [3.8, 4) is 0 Å². The molecule has 2 amide bonds. The van der Waals surface area contributed by atoms with E-state index in [4.69, 9.17) is 5.11 Å². The van der Waals surface area contributed by atoms with Crippen molar-refractivity contribution in [2.75, 3.05) is 11.9 Å². The molecule has 1 aliphatic carbocycles. The van der Waals surface area contributed by atoms with E-state index in [0.717, 1.165) is 6.42 Å². The van der Waals surface area contributed by atoms with Crippen LogP contribution in [0.2, 0.25) is 0 Å². The smallest absolute Gasteiger partial charge is 0.319 e. The van der Waals surface area contributed by atoms with E-state index in [2.05, 4.69) is 24.5 Å². The predicted molar refractivity (Wildman–Crippen MR) is 76.7 cm³/mol. The van der Waals surface area contributed by atoms with Crippen molar-refractivity contribution in [3.05, 3.63) is 29.8 Å². The zero-order valence-electron chi connectivity index (χ0n) is 11.8. The summed E-state index contributed by atoms with van der Waals surface area (Å²) in [5.74, 6) is -0.387. The first kappa shape index (κ1) is 14.4. The highest BCUT2D eigenvalue weighted by molar-refractivity contribution is 5.90. The largest absolute Gasteiger partial charge is 0.481 e. The molecular weight excluding hydrogens is 256 g/mol. The molecule has 1 aliphatic rings. The Kier molecular flexibility index (Phi) is 3.97. The number of nitrogens with one attached hydrogen (secondary N) is 2. The number of anilines is 1. The van der Waals surface area contributed by atoms with E-state index in [1.165, 1.54) is 0 Å². The van der Waals surface area contributed by atoms with Gasteiger partial charge in [-0.25, -0.2) is 4.79 Å². The van der Waals surface area contributed by atoms with Crippen LogP contribution in [0.25, 0.3) is 0 Å². The molecule has 5 nitrogen and oxygen atoms in total. The molecule has 1 fully saturated rings. The summed E-state index contributed by atoms with van der Waals surface area (Å²) in [5.41, 5.74) is 1.47. The van der Waals surface area contributed by atoms with Crippen molar-refractivity contribution in [3.63, 3.8) is 0 Å². The highest BCUT2D eigenvalue weighted by Gasteiger charge is 2.45. The Morgan fingerprint density at radius 2 is 2.00 bits per heavy atom. The Morgan fingerprint density at radius 3 is 2.60 bits per heavy atom. The van der Waals surface area contributed by atoms with Crippen molar-refractivity contribution in [2.24, 2.45) is 11.3 Å². The van der Waals surface area contributed by atoms with E-state index in [1.807, 2.05) is 0 Å². The van der Waals surface area contributed by atoms with Gasteiger partial charge in [0.2, 0.25) is 0 Å². The zero-order chi connectivity index (χ0) is 14.8. The minimum atomic E-state index is -0.917. The molecule has 20 heavy (non-hydrogen) atoms. The summed E-state index contributed by atoms with van der Waals surface area (Å²) in [6.07, 6.45) is 1.02. The van der Waals surface area contributed by atoms with Crippen LogP contribution in [-0.2, 0) is 11.2 Å². The summed E-state index contributed by atoms with van der Waals surface area (Å²) in [6, 6.07) is 6.65. The summed E-state index contributed by atoms with van der Waals surface area (Å²) in [4.78, 5) is 22.6. The number of para-hydroxylation sites is 1. The highest BCUT2D eigenvalue weighted by Crippen LogP contribution is 2.50. The highest BCUT2D eigenvalue weighted by atomic mass is 16.4. The lowest BCUT2D eigenvalue weighted by molar-refractivity contribution is -0.136. The Hall–Kier alpha value is -2.04. The molecule has 3 N–H and O–H groups in total. The summed E-state index contributed by atoms with van der Waals surface area (Å²) in [6.45, 7) is 5.01. The summed E-state index contributed by atoms with van der Waals surface area (Å²) >= 11 is 0. The summed E-state index contributed by atoms with van der Waals surface area (Å²) in [5, 5.41) is 14.4. The molecule has 1 saturated carbocycles. The van der Waals surface area contributed by atoms with E-state index < -0.39 is 5.97 Å². The minimum Gasteiger partial charge on any atom is -0.481 e. The fourth-order valence-corrected chi connectivity index (χ4v) is 2.27. The number of hydrogen-bond acceptors (Lipinski definition) is 2.